The lowest BCUT2D eigenvalue weighted by molar-refractivity contribution is 0.806. The third-order valence-corrected chi connectivity index (χ3v) is 1.57. The molecule has 1 N–H and O–H groups in total. The molecule has 1 aliphatic heterocycles. The first-order chi connectivity index (χ1) is 5.38. The second kappa shape index (κ2) is 2.23. The number of aromatic nitrogens is 2. The minimum atomic E-state index is 0.905. The van der Waals surface area contributed by atoms with Gasteiger partial charge in [0.15, 0.2) is 5.82 Å². The van der Waals surface area contributed by atoms with E-state index in [0.717, 1.165) is 11.4 Å². The SMILES string of the molecule is CN1NC=Cc2cncnc21. The average molecular weight is 148 g/mol. The van der Waals surface area contributed by atoms with Crippen LogP contribution >= 0.6 is 0 Å². The van der Waals surface area contributed by atoms with Gasteiger partial charge in [-0.15, -0.1) is 0 Å². The molecule has 0 spiro atoms. The van der Waals surface area contributed by atoms with Crippen LogP contribution in [-0.4, -0.2) is 17.0 Å². The molecule has 11 heavy (non-hydrogen) atoms. The zero-order valence-electron chi connectivity index (χ0n) is 6.15. The molecule has 2 heterocycles. The number of fused-ring (bicyclic) bond motifs is 1. The zero-order chi connectivity index (χ0) is 7.68. The molecule has 0 saturated heterocycles. The number of hydrogen-bond donors (Lipinski definition) is 1. The molecule has 4 nitrogen and oxygen atoms in total. The fourth-order valence-corrected chi connectivity index (χ4v) is 1.03. The maximum atomic E-state index is 4.10. The van der Waals surface area contributed by atoms with Gasteiger partial charge in [-0.05, 0) is 6.08 Å². The van der Waals surface area contributed by atoms with Crippen LogP contribution in [0.5, 0.6) is 0 Å². The van der Waals surface area contributed by atoms with E-state index in [1.807, 2.05) is 24.3 Å². The van der Waals surface area contributed by atoms with E-state index in [9.17, 15) is 0 Å². The van der Waals surface area contributed by atoms with Crippen molar-refractivity contribution in [2.45, 2.75) is 0 Å². The highest BCUT2D eigenvalue weighted by molar-refractivity contribution is 5.64. The summed E-state index contributed by atoms with van der Waals surface area (Å²) in [6, 6.07) is 0. The molecule has 0 aliphatic carbocycles. The number of nitrogens with zero attached hydrogens (tertiary/aromatic N) is 3. The van der Waals surface area contributed by atoms with Crippen molar-refractivity contribution < 1.29 is 0 Å². The highest BCUT2D eigenvalue weighted by atomic mass is 15.5. The fourth-order valence-electron chi connectivity index (χ4n) is 1.03. The normalized spacial score (nSPS) is 14.1. The first-order valence-corrected chi connectivity index (χ1v) is 3.34. The molecule has 0 amide bonds. The van der Waals surface area contributed by atoms with Gasteiger partial charge in [0.25, 0.3) is 0 Å². The van der Waals surface area contributed by atoms with Gasteiger partial charge in [-0.2, -0.15) is 0 Å². The number of anilines is 1. The molecule has 0 fully saturated rings. The van der Waals surface area contributed by atoms with Crippen molar-refractivity contribution in [2.24, 2.45) is 0 Å². The molecule has 0 bridgehead atoms. The van der Waals surface area contributed by atoms with E-state index in [-0.39, 0.29) is 0 Å². The average Bonchev–Trinajstić information content (AvgIpc) is 2.06. The number of rotatable bonds is 0. The summed E-state index contributed by atoms with van der Waals surface area (Å²) in [4.78, 5) is 8.02. The Hall–Kier alpha value is -1.58. The van der Waals surface area contributed by atoms with Gasteiger partial charge in [-0.25, -0.2) is 9.97 Å². The summed E-state index contributed by atoms with van der Waals surface area (Å²) in [7, 11) is 1.91. The van der Waals surface area contributed by atoms with E-state index < -0.39 is 0 Å². The molecule has 0 aromatic carbocycles. The summed E-state index contributed by atoms with van der Waals surface area (Å²) in [5.74, 6) is 0.905. The predicted molar refractivity (Wildman–Crippen MR) is 42.6 cm³/mol. The maximum absolute atomic E-state index is 4.10. The number of hydrazine groups is 1. The molecule has 1 aromatic rings. The lowest BCUT2D eigenvalue weighted by atomic mass is 10.3. The molecular weight excluding hydrogens is 140 g/mol. The van der Waals surface area contributed by atoms with E-state index in [1.165, 1.54) is 6.33 Å². The van der Waals surface area contributed by atoms with Gasteiger partial charge in [-0.3, -0.25) is 5.01 Å². The van der Waals surface area contributed by atoms with Crippen LogP contribution in [0.25, 0.3) is 6.08 Å². The fraction of sp³-hybridized carbons (Fsp3) is 0.143. The van der Waals surface area contributed by atoms with Crippen molar-refractivity contribution in [3.63, 3.8) is 0 Å². The summed E-state index contributed by atoms with van der Waals surface area (Å²) in [5, 5.41) is 1.84. The van der Waals surface area contributed by atoms with Crippen LogP contribution in [0.1, 0.15) is 5.56 Å². The highest BCUT2D eigenvalue weighted by Gasteiger charge is 2.08. The Bertz CT molecular complexity index is 294. The van der Waals surface area contributed by atoms with Crippen molar-refractivity contribution in [3.8, 4) is 0 Å². The summed E-state index contributed by atoms with van der Waals surface area (Å²) < 4.78 is 0. The Morgan fingerprint density at radius 2 is 2.45 bits per heavy atom. The smallest absolute Gasteiger partial charge is 0.157 e. The Kier molecular flexibility index (Phi) is 1.25. The van der Waals surface area contributed by atoms with Crippen LogP contribution in [0.4, 0.5) is 5.82 Å². The van der Waals surface area contributed by atoms with Crippen LogP contribution in [0.2, 0.25) is 0 Å². The Balaban J connectivity index is 2.54. The molecule has 2 rings (SSSR count). The molecule has 0 unspecified atom stereocenters. The van der Waals surface area contributed by atoms with Crippen LogP contribution in [0.15, 0.2) is 18.7 Å². The molecule has 0 saturated carbocycles. The zero-order valence-corrected chi connectivity index (χ0v) is 6.15. The van der Waals surface area contributed by atoms with E-state index in [2.05, 4.69) is 15.4 Å². The minimum Gasteiger partial charge on any atom is -0.305 e. The monoisotopic (exact) mass is 148 g/mol. The van der Waals surface area contributed by atoms with Crippen LogP contribution in [-0.2, 0) is 0 Å². The Labute approximate surface area is 64.5 Å². The number of nitrogens with one attached hydrogen (secondary N) is 1. The lowest BCUT2D eigenvalue weighted by Gasteiger charge is -2.22. The first-order valence-electron chi connectivity index (χ1n) is 3.34. The van der Waals surface area contributed by atoms with Gasteiger partial charge in [0, 0.05) is 25.0 Å². The molecule has 0 atom stereocenters. The van der Waals surface area contributed by atoms with E-state index in [4.69, 9.17) is 0 Å². The standard InChI is InChI=1S/C7H8N4/c1-11-7-6(2-3-10-11)4-8-5-9-7/h2-5,10H,1H3. The van der Waals surface area contributed by atoms with Crippen molar-refractivity contribution in [3.05, 3.63) is 24.3 Å². The summed E-state index contributed by atoms with van der Waals surface area (Å²) >= 11 is 0. The van der Waals surface area contributed by atoms with Gasteiger partial charge in [-0.1, -0.05) is 0 Å². The minimum absolute atomic E-state index is 0.905. The van der Waals surface area contributed by atoms with Crippen molar-refractivity contribution in [2.75, 3.05) is 12.1 Å². The second-order valence-electron chi connectivity index (χ2n) is 2.32. The molecule has 56 valence electrons. The molecular formula is C7H8N4. The Morgan fingerprint density at radius 1 is 1.55 bits per heavy atom. The van der Waals surface area contributed by atoms with Crippen molar-refractivity contribution in [1.29, 1.82) is 0 Å². The third-order valence-electron chi connectivity index (χ3n) is 1.57. The first kappa shape index (κ1) is 6.15. The molecule has 4 heteroatoms. The van der Waals surface area contributed by atoms with Gasteiger partial charge >= 0.3 is 0 Å². The van der Waals surface area contributed by atoms with Crippen LogP contribution in [0, 0.1) is 0 Å². The highest BCUT2D eigenvalue weighted by Crippen LogP contribution is 2.16. The number of hydrogen-bond acceptors (Lipinski definition) is 4. The second-order valence-corrected chi connectivity index (χ2v) is 2.32. The molecule has 1 aromatic heterocycles. The van der Waals surface area contributed by atoms with E-state index in [1.54, 1.807) is 6.20 Å². The molecule has 0 radical (unpaired) electrons. The largest absolute Gasteiger partial charge is 0.305 e. The van der Waals surface area contributed by atoms with Gasteiger partial charge in [0.2, 0.25) is 0 Å². The third kappa shape index (κ3) is 0.920. The van der Waals surface area contributed by atoms with E-state index in [0.29, 0.717) is 0 Å². The summed E-state index contributed by atoms with van der Waals surface area (Å²) in [6.07, 6.45) is 7.12. The van der Waals surface area contributed by atoms with Crippen molar-refractivity contribution in [1.82, 2.24) is 15.4 Å². The Morgan fingerprint density at radius 3 is 3.27 bits per heavy atom. The summed E-state index contributed by atoms with van der Waals surface area (Å²) in [6.45, 7) is 0. The van der Waals surface area contributed by atoms with Gasteiger partial charge in [0.05, 0.1) is 0 Å². The molecule has 1 aliphatic rings. The maximum Gasteiger partial charge on any atom is 0.157 e. The van der Waals surface area contributed by atoms with Gasteiger partial charge in [0.1, 0.15) is 6.33 Å². The van der Waals surface area contributed by atoms with E-state index >= 15 is 0 Å². The van der Waals surface area contributed by atoms with Crippen molar-refractivity contribution >= 4 is 11.9 Å². The van der Waals surface area contributed by atoms with Crippen LogP contribution < -0.4 is 10.4 Å². The topological polar surface area (TPSA) is 41.0 Å². The predicted octanol–water partition coefficient (Wildman–Crippen LogP) is 0.402. The summed E-state index contributed by atoms with van der Waals surface area (Å²) in [5.41, 5.74) is 4.04. The van der Waals surface area contributed by atoms with Gasteiger partial charge < -0.3 is 5.43 Å². The van der Waals surface area contributed by atoms with Crippen LogP contribution in [0.3, 0.4) is 0 Å². The quantitative estimate of drug-likeness (QED) is 0.578. The lowest BCUT2D eigenvalue weighted by Crippen LogP contribution is -2.33.